The van der Waals surface area contributed by atoms with E-state index in [0.29, 0.717) is 0 Å². The monoisotopic (exact) mass is 1940 g/mol. The molecule has 29 nitrogen and oxygen atoms in total. The van der Waals surface area contributed by atoms with Crippen LogP contribution in [0.15, 0.2) is 0 Å². The summed E-state index contributed by atoms with van der Waals surface area (Å²) in [5.41, 5.74) is -49.6. The van der Waals surface area contributed by atoms with Gasteiger partial charge in [-0.2, -0.15) is 105 Å². The molecule has 0 saturated heterocycles. The van der Waals surface area contributed by atoms with Gasteiger partial charge in [-0.05, 0) is 0 Å². The van der Waals surface area contributed by atoms with Crippen LogP contribution in [-0.2, 0) is 177 Å². The number of sulfonamides is 8. The molecule has 0 fully saturated rings. The van der Waals surface area contributed by atoms with Crippen molar-refractivity contribution in [3.8, 4) is 0 Å². The second-order valence-electron chi connectivity index (χ2n) is 14.3. The van der Waals surface area contributed by atoms with Gasteiger partial charge in [0.15, 0.2) is 80.2 Å². The smallest absolute Gasteiger partial charge is 0.421 e. The van der Waals surface area contributed by atoms with Crippen molar-refractivity contribution in [2.24, 2.45) is 0 Å². The van der Waals surface area contributed by atoms with Crippen molar-refractivity contribution in [3.05, 3.63) is 16.5 Å². The second-order valence-corrected chi connectivity index (χ2v) is 41.4. The van der Waals surface area contributed by atoms with Gasteiger partial charge in [-0.15, -0.1) is 0 Å². The van der Waals surface area contributed by atoms with E-state index in [-0.39, 0.29) is 23.9 Å². The maximum Gasteiger partial charge on any atom is 4.00 e. The van der Waals surface area contributed by atoms with Crippen LogP contribution in [0.25, 0.3) is 16.5 Å². The van der Waals surface area contributed by atoms with Crippen LogP contribution in [0.3, 0.4) is 0 Å². The molecule has 0 aliphatic carbocycles. The zero-order chi connectivity index (χ0) is 83.0. The Morgan fingerprint density at radius 3 is 0.216 bits per heavy atom. The molecule has 71 heteroatoms. The fraction of sp³-hybridized carbons (Fsp3) is 1.00. The molecule has 0 unspecified atom stereocenters. The van der Waals surface area contributed by atoms with E-state index in [4.69, 9.17) is 0 Å². The summed E-state index contributed by atoms with van der Waals surface area (Å²) in [5, 5.41) is 0. The molecule has 97 heavy (non-hydrogen) atoms. The van der Waals surface area contributed by atoms with Gasteiger partial charge < -0.3 is 16.5 Å². The van der Waals surface area contributed by atoms with Gasteiger partial charge in [0.05, 0.1) is 0 Å². The average Bonchev–Trinajstić information content (AvgIpc) is 3.15. The summed E-state index contributed by atoms with van der Waals surface area (Å²) in [7, 11) is -59.3. The van der Waals surface area contributed by atoms with E-state index in [1.54, 1.807) is 113 Å². The predicted octanol–water partition coefficient (Wildman–Crippen LogP) is 3.81. The van der Waals surface area contributed by atoms with E-state index in [2.05, 4.69) is 0 Å². The summed E-state index contributed by atoms with van der Waals surface area (Å²) >= 11 is 0. The molecule has 0 spiro atoms. The largest absolute Gasteiger partial charge is 4.00 e. The molecule has 0 bridgehead atoms. The molecule has 0 aliphatic rings. The van der Waals surface area contributed by atoms with E-state index in [1.165, 1.54) is 0 Å². The number of hydrogen-bond acceptors (Lipinski definition) is 25. The van der Waals surface area contributed by atoms with Crippen LogP contribution in [0.1, 0.15) is 0 Å². The summed E-state index contributed by atoms with van der Waals surface area (Å²) < 4.78 is 523. The first-order chi connectivity index (χ1) is 40.4. The second kappa shape index (κ2) is 53.6. The molecule has 0 N–H and O–H groups in total. The maximum atomic E-state index is 11.4. The normalized spacial score (nSPS) is 12.7. The van der Waals surface area contributed by atoms with Crippen LogP contribution in [0, 0.1) is 0 Å². The summed E-state index contributed by atoms with van der Waals surface area (Å²) in [4.78, 5) is 0. The number of alkyl halides is 24. The predicted molar refractivity (Wildman–Crippen MR) is 319 cm³/mol. The molecular formula is C26H54F24N4O25S17Sn. The molecule has 0 radical (unpaired) electrons. The minimum Gasteiger partial charge on any atom is -0.421 e. The maximum absolute atomic E-state index is 11.4. The van der Waals surface area contributed by atoms with Gasteiger partial charge >= 0.3 is 68.0 Å². The van der Waals surface area contributed by atoms with Gasteiger partial charge in [-0.1, -0.05) is 0 Å². The zero-order valence-electron chi connectivity index (χ0n) is 50.5. The Labute approximate surface area is 580 Å². The standard InChI is InChI=1S/4C2F6NO4S2.9C2H6OS.Sn/c4*3-1(4,5)14(10,11)9-15(12,13)2(6,7)8;9*1-4(2)3;/h;;;;9*1-2H3;/q4*-1;;;;;;;;;;+4. The molecule has 0 aromatic carbocycles. The minimum absolute atomic E-state index is 0. The molecule has 602 valence electrons. The molecule has 0 amide bonds. The quantitative estimate of drug-likeness (QED) is 0.246. The van der Waals surface area contributed by atoms with Gasteiger partial charge in [0, 0.05) is 210 Å². The Morgan fingerprint density at radius 2 is 0.196 bits per heavy atom. The van der Waals surface area contributed by atoms with Crippen molar-refractivity contribution in [2.75, 3.05) is 113 Å². The summed E-state index contributed by atoms with van der Waals surface area (Å²) in [6.07, 6.45) is 29.5. The Morgan fingerprint density at radius 1 is 0.165 bits per heavy atom. The van der Waals surface area contributed by atoms with Crippen LogP contribution < -0.4 is 0 Å². The molecule has 0 heterocycles. The fourth-order valence-corrected chi connectivity index (χ4v) is 7.69. The van der Waals surface area contributed by atoms with Crippen molar-refractivity contribution < 1.29 is 211 Å². The molecular weight excluding hydrogens is 1890 g/mol. The first-order valence-corrected chi connectivity index (χ1v) is 48.4. The topological polar surface area (TPSA) is 483 Å². The first-order valence-electron chi connectivity index (χ1n) is 19.1. The van der Waals surface area contributed by atoms with Crippen LogP contribution in [0.5, 0.6) is 0 Å². The third-order valence-electron chi connectivity index (χ3n) is 3.12. The summed E-state index contributed by atoms with van der Waals surface area (Å²) in [6, 6.07) is 0. The SMILES string of the molecule is CS(C)=O.CS(C)=O.CS(C)=O.CS(C)=O.CS(C)=O.CS(C)=O.CS(C)=O.CS(C)=O.CS(C)=O.O=S(=O)([N-]S(=O)(=O)C(F)(F)F)C(F)(F)F.O=S(=O)([N-]S(=O)(=O)C(F)(F)F)C(F)(F)F.O=S(=O)([N-]S(=O)(=O)C(F)(F)F)C(F)(F)F.O=S(=O)([N-]S(=O)(=O)C(F)(F)F)C(F)(F)F.[Sn+4]. The zero-order valence-corrected chi connectivity index (χ0v) is 67.2. The summed E-state index contributed by atoms with van der Waals surface area (Å²) in [5.74, 6) is 0. The molecule has 0 atom stereocenters. The Bertz CT molecular complexity index is 2710. The van der Waals surface area contributed by atoms with Crippen LogP contribution in [0.4, 0.5) is 105 Å². The average molecular weight is 1940 g/mol. The Kier molecular flexibility index (Phi) is 71.7. The Hall–Kier alpha value is -0.0913. The van der Waals surface area contributed by atoms with Gasteiger partial charge in [0.25, 0.3) is 0 Å². The third-order valence-corrected chi connectivity index (χ3v) is 14.1. The minimum atomic E-state index is -6.72. The van der Waals surface area contributed by atoms with Crippen molar-refractivity contribution >= 4 is 201 Å². The van der Waals surface area contributed by atoms with E-state index in [9.17, 15) is 211 Å². The molecule has 0 saturated carbocycles. The third kappa shape index (κ3) is 92.0. The number of nitrogens with zero attached hydrogens (tertiary/aromatic N) is 4. The van der Waals surface area contributed by atoms with Crippen LogP contribution in [0.2, 0.25) is 0 Å². The first kappa shape index (κ1) is 130. The van der Waals surface area contributed by atoms with Crippen LogP contribution >= 0.6 is 0 Å². The molecule has 0 rings (SSSR count). The van der Waals surface area contributed by atoms with Gasteiger partial charge in [0.2, 0.25) is 0 Å². The number of rotatable bonds is 8. The van der Waals surface area contributed by atoms with E-state index < -0.39 is 221 Å². The fourth-order valence-electron chi connectivity index (χ4n) is 0.855. The van der Waals surface area contributed by atoms with Gasteiger partial charge in [-0.3, -0.25) is 37.9 Å². The van der Waals surface area contributed by atoms with Crippen molar-refractivity contribution in [1.29, 1.82) is 0 Å². The van der Waals surface area contributed by atoms with Crippen molar-refractivity contribution in [1.82, 2.24) is 0 Å². The Balaban J connectivity index is -0.0000000673. The number of hydrogen-bond donors (Lipinski definition) is 0. The van der Waals surface area contributed by atoms with E-state index >= 15 is 0 Å². The van der Waals surface area contributed by atoms with Gasteiger partial charge in [-0.25, -0.2) is 67.3 Å². The van der Waals surface area contributed by atoms with Crippen LogP contribution in [-0.4, -0.2) is 286 Å². The van der Waals surface area contributed by atoms with E-state index in [0.717, 1.165) is 16.5 Å². The van der Waals surface area contributed by atoms with Gasteiger partial charge in [0.1, 0.15) is 0 Å². The summed E-state index contributed by atoms with van der Waals surface area (Å²) in [6.45, 7) is 0. The van der Waals surface area contributed by atoms with Crippen molar-refractivity contribution in [3.63, 3.8) is 0 Å². The molecule has 0 aromatic rings. The van der Waals surface area contributed by atoms with E-state index in [1.807, 2.05) is 0 Å². The number of halogens is 24. The van der Waals surface area contributed by atoms with Crippen molar-refractivity contribution in [2.45, 2.75) is 44.1 Å². The molecule has 0 aliphatic heterocycles. The molecule has 0 aromatic heterocycles.